The van der Waals surface area contributed by atoms with Gasteiger partial charge in [0.1, 0.15) is 5.75 Å². The van der Waals surface area contributed by atoms with Crippen LogP contribution in [-0.4, -0.2) is 38.6 Å². The van der Waals surface area contributed by atoms with Gasteiger partial charge in [0.2, 0.25) is 0 Å². The van der Waals surface area contributed by atoms with E-state index in [1.165, 1.54) is 0 Å². The van der Waals surface area contributed by atoms with E-state index in [0.717, 1.165) is 55.0 Å². The third kappa shape index (κ3) is 2.95. The van der Waals surface area contributed by atoms with E-state index in [0.29, 0.717) is 6.04 Å². The van der Waals surface area contributed by atoms with Gasteiger partial charge >= 0.3 is 0 Å². The summed E-state index contributed by atoms with van der Waals surface area (Å²) in [6, 6.07) is 6.39. The molecule has 0 aromatic heterocycles. The average Bonchev–Trinajstić information content (AvgIpc) is 2.89. The SMILES string of the molecule is COc1ccc(Br)c(NC2CCOC3(CCOC3)C2)c1. The summed E-state index contributed by atoms with van der Waals surface area (Å²) in [5.41, 5.74) is 1.01. The van der Waals surface area contributed by atoms with Crippen molar-refractivity contribution in [3.05, 3.63) is 22.7 Å². The van der Waals surface area contributed by atoms with Crippen molar-refractivity contribution in [3.8, 4) is 5.75 Å². The van der Waals surface area contributed by atoms with E-state index in [1.54, 1.807) is 7.11 Å². The first-order valence-electron chi connectivity index (χ1n) is 7.03. The molecule has 110 valence electrons. The maximum atomic E-state index is 5.97. The Balaban J connectivity index is 1.71. The Morgan fingerprint density at radius 3 is 3.05 bits per heavy atom. The summed E-state index contributed by atoms with van der Waals surface area (Å²) in [6.45, 7) is 2.34. The van der Waals surface area contributed by atoms with E-state index >= 15 is 0 Å². The Kier molecular flexibility index (Phi) is 4.19. The molecule has 1 aromatic rings. The summed E-state index contributed by atoms with van der Waals surface area (Å²) in [5, 5.41) is 3.61. The molecule has 0 saturated carbocycles. The lowest BCUT2D eigenvalue weighted by Crippen LogP contribution is -2.44. The summed E-state index contributed by atoms with van der Waals surface area (Å²) in [7, 11) is 1.69. The molecule has 1 N–H and O–H groups in total. The molecule has 2 atom stereocenters. The topological polar surface area (TPSA) is 39.7 Å². The van der Waals surface area contributed by atoms with Gasteiger partial charge in [-0.05, 0) is 40.9 Å². The number of hydrogen-bond acceptors (Lipinski definition) is 4. The summed E-state index contributed by atoms with van der Waals surface area (Å²) in [6.07, 6.45) is 3.02. The van der Waals surface area contributed by atoms with Crippen LogP contribution in [0, 0.1) is 0 Å². The number of anilines is 1. The first-order chi connectivity index (χ1) is 9.71. The molecule has 2 heterocycles. The highest BCUT2D eigenvalue weighted by Crippen LogP contribution is 2.35. The molecular formula is C15H20BrNO3. The van der Waals surface area contributed by atoms with Crippen molar-refractivity contribution < 1.29 is 14.2 Å². The Bertz CT molecular complexity index is 474. The molecule has 4 nitrogen and oxygen atoms in total. The molecule has 2 aliphatic heterocycles. The predicted octanol–water partition coefficient (Wildman–Crippen LogP) is 3.21. The molecular weight excluding hydrogens is 322 g/mol. The minimum Gasteiger partial charge on any atom is -0.497 e. The molecule has 0 aliphatic carbocycles. The van der Waals surface area contributed by atoms with Crippen LogP contribution in [0.2, 0.25) is 0 Å². The standard InChI is InChI=1S/C15H20BrNO3/c1-18-12-2-3-13(16)14(8-12)17-11-4-6-20-15(9-11)5-7-19-10-15/h2-3,8,11,17H,4-7,9-10H2,1H3. The van der Waals surface area contributed by atoms with Crippen molar-refractivity contribution in [2.24, 2.45) is 0 Å². The lowest BCUT2D eigenvalue weighted by molar-refractivity contribution is -0.0828. The van der Waals surface area contributed by atoms with E-state index in [1.807, 2.05) is 18.2 Å². The van der Waals surface area contributed by atoms with E-state index in [4.69, 9.17) is 14.2 Å². The number of nitrogens with one attached hydrogen (secondary N) is 1. The van der Waals surface area contributed by atoms with Crippen LogP contribution in [0.5, 0.6) is 5.75 Å². The van der Waals surface area contributed by atoms with Crippen LogP contribution in [0.15, 0.2) is 22.7 Å². The number of rotatable bonds is 3. The molecule has 0 amide bonds. The quantitative estimate of drug-likeness (QED) is 0.916. The van der Waals surface area contributed by atoms with Gasteiger partial charge in [0.25, 0.3) is 0 Å². The summed E-state index contributed by atoms with van der Waals surface area (Å²) >= 11 is 3.59. The fraction of sp³-hybridized carbons (Fsp3) is 0.600. The van der Waals surface area contributed by atoms with Gasteiger partial charge in [-0.25, -0.2) is 0 Å². The van der Waals surface area contributed by atoms with Crippen LogP contribution in [-0.2, 0) is 9.47 Å². The molecule has 2 aliphatic rings. The number of benzene rings is 1. The van der Waals surface area contributed by atoms with Crippen LogP contribution in [0.3, 0.4) is 0 Å². The molecule has 2 fully saturated rings. The second kappa shape index (κ2) is 5.92. The van der Waals surface area contributed by atoms with E-state index in [-0.39, 0.29) is 5.60 Å². The zero-order valence-corrected chi connectivity index (χ0v) is 13.2. The maximum absolute atomic E-state index is 5.97. The maximum Gasteiger partial charge on any atom is 0.121 e. The smallest absolute Gasteiger partial charge is 0.121 e. The first-order valence-corrected chi connectivity index (χ1v) is 7.82. The van der Waals surface area contributed by atoms with Gasteiger partial charge in [-0.3, -0.25) is 0 Å². The van der Waals surface area contributed by atoms with E-state index < -0.39 is 0 Å². The Morgan fingerprint density at radius 2 is 2.30 bits per heavy atom. The zero-order chi connectivity index (χ0) is 14.0. The Labute approximate surface area is 127 Å². The highest BCUT2D eigenvalue weighted by Gasteiger charge is 2.41. The summed E-state index contributed by atoms with van der Waals surface area (Å²) in [5.74, 6) is 0.863. The molecule has 1 aromatic carbocycles. The van der Waals surface area contributed by atoms with Gasteiger partial charge in [-0.15, -0.1) is 0 Å². The number of methoxy groups -OCH3 is 1. The Hall–Kier alpha value is -0.780. The minimum absolute atomic E-state index is 0.0682. The molecule has 3 rings (SSSR count). The highest BCUT2D eigenvalue weighted by atomic mass is 79.9. The van der Waals surface area contributed by atoms with Crippen LogP contribution >= 0.6 is 15.9 Å². The molecule has 2 saturated heterocycles. The number of ether oxygens (including phenoxy) is 3. The average molecular weight is 342 g/mol. The number of halogens is 1. The summed E-state index contributed by atoms with van der Waals surface area (Å²) in [4.78, 5) is 0. The fourth-order valence-corrected chi connectivity index (χ4v) is 3.34. The second-order valence-electron chi connectivity index (χ2n) is 5.51. The second-order valence-corrected chi connectivity index (χ2v) is 6.37. The van der Waals surface area contributed by atoms with Crippen molar-refractivity contribution in [2.75, 3.05) is 32.2 Å². The fourth-order valence-electron chi connectivity index (χ4n) is 2.98. The predicted molar refractivity (Wildman–Crippen MR) is 81.5 cm³/mol. The zero-order valence-electron chi connectivity index (χ0n) is 11.7. The van der Waals surface area contributed by atoms with Gasteiger partial charge < -0.3 is 19.5 Å². The van der Waals surface area contributed by atoms with Crippen molar-refractivity contribution in [1.82, 2.24) is 0 Å². The van der Waals surface area contributed by atoms with Crippen molar-refractivity contribution in [3.63, 3.8) is 0 Å². The molecule has 20 heavy (non-hydrogen) atoms. The summed E-state index contributed by atoms with van der Waals surface area (Å²) < 4.78 is 17.8. The molecule has 0 radical (unpaired) electrons. The van der Waals surface area contributed by atoms with Gasteiger partial charge in [0, 0.05) is 36.2 Å². The molecule has 0 bridgehead atoms. The van der Waals surface area contributed by atoms with Crippen LogP contribution in [0.1, 0.15) is 19.3 Å². The monoisotopic (exact) mass is 341 g/mol. The Morgan fingerprint density at radius 1 is 1.40 bits per heavy atom. The third-order valence-electron chi connectivity index (χ3n) is 4.09. The van der Waals surface area contributed by atoms with Gasteiger partial charge in [0.05, 0.1) is 25.0 Å². The van der Waals surface area contributed by atoms with Crippen molar-refractivity contribution >= 4 is 21.6 Å². The minimum atomic E-state index is -0.0682. The third-order valence-corrected chi connectivity index (χ3v) is 4.78. The van der Waals surface area contributed by atoms with E-state index in [9.17, 15) is 0 Å². The van der Waals surface area contributed by atoms with Gasteiger partial charge in [0.15, 0.2) is 0 Å². The van der Waals surface area contributed by atoms with E-state index in [2.05, 4.69) is 21.2 Å². The lowest BCUT2D eigenvalue weighted by atomic mass is 9.89. The van der Waals surface area contributed by atoms with Crippen molar-refractivity contribution in [1.29, 1.82) is 0 Å². The number of hydrogen-bond donors (Lipinski definition) is 1. The molecule has 1 spiro atoms. The normalized spacial score (nSPS) is 29.6. The van der Waals surface area contributed by atoms with Crippen LogP contribution in [0.4, 0.5) is 5.69 Å². The van der Waals surface area contributed by atoms with Gasteiger partial charge in [-0.1, -0.05) is 0 Å². The molecule has 2 unspecified atom stereocenters. The van der Waals surface area contributed by atoms with Crippen molar-refractivity contribution in [2.45, 2.75) is 30.9 Å². The molecule has 5 heteroatoms. The highest BCUT2D eigenvalue weighted by molar-refractivity contribution is 9.10. The first kappa shape index (κ1) is 14.2. The van der Waals surface area contributed by atoms with Crippen LogP contribution in [0.25, 0.3) is 0 Å². The largest absolute Gasteiger partial charge is 0.497 e. The van der Waals surface area contributed by atoms with Crippen LogP contribution < -0.4 is 10.1 Å². The lowest BCUT2D eigenvalue weighted by Gasteiger charge is -2.37. The van der Waals surface area contributed by atoms with Gasteiger partial charge in [-0.2, -0.15) is 0 Å².